The van der Waals surface area contributed by atoms with Crippen molar-refractivity contribution in [2.75, 3.05) is 6.61 Å². The van der Waals surface area contributed by atoms with Gasteiger partial charge in [0.1, 0.15) is 0 Å². The van der Waals surface area contributed by atoms with Crippen molar-refractivity contribution in [1.82, 2.24) is 0 Å². The monoisotopic (exact) mass is 201 g/mol. The summed E-state index contributed by atoms with van der Waals surface area (Å²) in [6, 6.07) is 0.154. The molecule has 86 valence electrons. The van der Waals surface area contributed by atoms with Crippen molar-refractivity contribution >= 4 is 0 Å². The Morgan fingerprint density at radius 1 is 1.21 bits per heavy atom. The molecule has 0 fully saturated rings. The Morgan fingerprint density at radius 3 is 2.21 bits per heavy atom. The van der Waals surface area contributed by atoms with Gasteiger partial charge in [-0.1, -0.05) is 26.7 Å². The van der Waals surface area contributed by atoms with Gasteiger partial charge in [-0.25, -0.2) is 0 Å². The van der Waals surface area contributed by atoms with Crippen LogP contribution < -0.4 is 5.73 Å². The molecule has 0 spiro atoms. The van der Waals surface area contributed by atoms with Crippen LogP contribution in [0.5, 0.6) is 0 Å². The molecule has 2 nitrogen and oxygen atoms in total. The molecule has 0 bridgehead atoms. The lowest BCUT2D eigenvalue weighted by molar-refractivity contribution is -0.0312. The minimum atomic E-state index is -0.175. The van der Waals surface area contributed by atoms with E-state index in [1.54, 1.807) is 0 Å². The summed E-state index contributed by atoms with van der Waals surface area (Å²) in [5, 5.41) is 0. The molecule has 14 heavy (non-hydrogen) atoms. The van der Waals surface area contributed by atoms with Crippen LogP contribution in [0.15, 0.2) is 0 Å². The minimum Gasteiger partial charge on any atom is -0.374 e. The normalized spacial score (nSPS) is 14.8. The van der Waals surface area contributed by atoms with Crippen molar-refractivity contribution in [2.24, 2.45) is 11.7 Å². The third kappa shape index (κ3) is 5.61. The predicted octanol–water partition coefficient (Wildman–Crippen LogP) is 2.96. The molecule has 0 rings (SSSR count). The Hall–Kier alpha value is -0.0800. The van der Waals surface area contributed by atoms with Gasteiger partial charge in [0.25, 0.3) is 0 Å². The first-order valence-corrected chi connectivity index (χ1v) is 5.79. The van der Waals surface area contributed by atoms with Crippen LogP contribution in [0.25, 0.3) is 0 Å². The van der Waals surface area contributed by atoms with Gasteiger partial charge in [0.2, 0.25) is 0 Å². The highest BCUT2D eigenvalue weighted by molar-refractivity contribution is 4.82. The van der Waals surface area contributed by atoms with Gasteiger partial charge < -0.3 is 10.5 Å². The van der Waals surface area contributed by atoms with Gasteiger partial charge in [-0.15, -0.1) is 0 Å². The molecular formula is C12H27NO. The highest BCUT2D eigenvalue weighted by atomic mass is 16.5. The first-order valence-electron chi connectivity index (χ1n) is 5.79. The van der Waals surface area contributed by atoms with Gasteiger partial charge in [0, 0.05) is 12.6 Å². The second kappa shape index (κ2) is 6.41. The van der Waals surface area contributed by atoms with E-state index in [1.165, 1.54) is 12.8 Å². The van der Waals surface area contributed by atoms with Crippen molar-refractivity contribution < 1.29 is 4.74 Å². The third-order valence-electron chi connectivity index (χ3n) is 2.71. The number of ether oxygens (including phenoxy) is 1. The number of hydrogen-bond donors (Lipinski definition) is 1. The molecule has 0 heterocycles. The zero-order chi connectivity index (χ0) is 11.2. The van der Waals surface area contributed by atoms with Crippen LogP contribution in [0, 0.1) is 5.92 Å². The molecule has 0 aliphatic carbocycles. The Morgan fingerprint density at radius 2 is 1.79 bits per heavy atom. The molecule has 0 aliphatic rings. The van der Waals surface area contributed by atoms with E-state index < -0.39 is 0 Å². The molecule has 2 heteroatoms. The van der Waals surface area contributed by atoms with Gasteiger partial charge in [0.05, 0.1) is 5.60 Å². The molecule has 2 N–H and O–H groups in total. The van der Waals surface area contributed by atoms with Crippen LogP contribution in [0.4, 0.5) is 0 Å². The molecule has 0 saturated carbocycles. The topological polar surface area (TPSA) is 35.2 Å². The van der Waals surface area contributed by atoms with Crippen LogP contribution in [0.1, 0.15) is 53.9 Å². The van der Waals surface area contributed by atoms with E-state index in [9.17, 15) is 0 Å². The van der Waals surface area contributed by atoms with Crippen LogP contribution in [-0.4, -0.2) is 18.2 Å². The zero-order valence-corrected chi connectivity index (χ0v) is 10.5. The second-order valence-corrected chi connectivity index (χ2v) is 4.97. The van der Waals surface area contributed by atoms with Gasteiger partial charge in [-0.2, -0.15) is 0 Å². The number of rotatable bonds is 7. The predicted molar refractivity (Wildman–Crippen MR) is 62.4 cm³/mol. The number of nitrogens with two attached hydrogens (primary N) is 1. The van der Waals surface area contributed by atoms with Crippen molar-refractivity contribution in [3.63, 3.8) is 0 Å². The molecule has 0 amide bonds. The third-order valence-corrected chi connectivity index (χ3v) is 2.71. The summed E-state index contributed by atoms with van der Waals surface area (Å²) in [5.41, 5.74) is 5.92. The Labute approximate surface area is 89.2 Å². The molecule has 0 aliphatic heterocycles. The van der Waals surface area contributed by atoms with E-state index >= 15 is 0 Å². The SMILES string of the molecule is CCOC(C)(C)C(N)CCCC(C)C. The van der Waals surface area contributed by atoms with Gasteiger partial charge >= 0.3 is 0 Å². The molecule has 0 aromatic rings. The molecule has 0 aromatic heterocycles. The van der Waals surface area contributed by atoms with Crippen molar-refractivity contribution in [3.05, 3.63) is 0 Å². The largest absolute Gasteiger partial charge is 0.374 e. The summed E-state index contributed by atoms with van der Waals surface area (Å²) in [6.45, 7) is 11.4. The Balaban J connectivity index is 3.76. The standard InChI is InChI=1S/C12H27NO/c1-6-14-12(4,5)11(13)9-7-8-10(2)3/h10-11H,6-9,13H2,1-5H3. The van der Waals surface area contributed by atoms with Crippen molar-refractivity contribution in [1.29, 1.82) is 0 Å². The van der Waals surface area contributed by atoms with E-state index in [0.29, 0.717) is 0 Å². The highest BCUT2D eigenvalue weighted by Gasteiger charge is 2.25. The van der Waals surface area contributed by atoms with Crippen molar-refractivity contribution in [2.45, 2.75) is 65.5 Å². The first kappa shape index (κ1) is 13.9. The van der Waals surface area contributed by atoms with Crippen LogP contribution in [0.3, 0.4) is 0 Å². The maximum atomic E-state index is 6.10. The van der Waals surface area contributed by atoms with E-state index in [4.69, 9.17) is 10.5 Å². The smallest absolute Gasteiger partial charge is 0.0776 e. The maximum Gasteiger partial charge on any atom is 0.0776 e. The van der Waals surface area contributed by atoms with Gasteiger partial charge in [-0.3, -0.25) is 0 Å². The zero-order valence-electron chi connectivity index (χ0n) is 10.5. The lowest BCUT2D eigenvalue weighted by Crippen LogP contribution is -2.45. The van der Waals surface area contributed by atoms with Crippen LogP contribution in [-0.2, 0) is 4.74 Å². The van der Waals surface area contributed by atoms with E-state index in [-0.39, 0.29) is 11.6 Å². The fourth-order valence-electron chi connectivity index (χ4n) is 1.57. The molecule has 1 atom stereocenters. The summed E-state index contributed by atoms with van der Waals surface area (Å²) < 4.78 is 5.62. The quantitative estimate of drug-likeness (QED) is 0.687. The average Bonchev–Trinajstić information content (AvgIpc) is 2.03. The summed E-state index contributed by atoms with van der Waals surface area (Å²) in [6.07, 6.45) is 3.52. The fraction of sp³-hybridized carbons (Fsp3) is 1.00. The van der Waals surface area contributed by atoms with Gasteiger partial charge in [-0.05, 0) is 33.1 Å². The molecule has 0 aromatic carbocycles. The van der Waals surface area contributed by atoms with Crippen LogP contribution >= 0.6 is 0 Å². The maximum absolute atomic E-state index is 6.10. The molecular weight excluding hydrogens is 174 g/mol. The van der Waals surface area contributed by atoms with Gasteiger partial charge in [0.15, 0.2) is 0 Å². The lowest BCUT2D eigenvalue weighted by atomic mass is 9.93. The molecule has 0 saturated heterocycles. The van der Waals surface area contributed by atoms with Crippen molar-refractivity contribution in [3.8, 4) is 0 Å². The first-order chi connectivity index (χ1) is 6.40. The minimum absolute atomic E-state index is 0.154. The van der Waals surface area contributed by atoms with E-state index in [0.717, 1.165) is 18.9 Å². The van der Waals surface area contributed by atoms with E-state index in [2.05, 4.69) is 27.7 Å². The summed E-state index contributed by atoms with van der Waals surface area (Å²) >= 11 is 0. The molecule has 0 radical (unpaired) electrons. The Bertz CT molecular complexity index is 143. The van der Waals surface area contributed by atoms with E-state index in [1.807, 2.05) is 6.92 Å². The summed E-state index contributed by atoms with van der Waals surface area (Å²) in [4.78, 5) is 0. The second-order valence-electron chi connectivity index (χ2n) is 4.97. The van der Waals surface area contributed by atoms with Crippen LogP contribution in [0.2, 0.25) is 0 Å². The summed E-state index contributed by atoms with van der Waals surface area (Å²) in [5.74, 6) is 0.775. The molecule has 1 unspecified atom stereocenters. The average molecular weight is 201 g/mol. The fourth-order valence-corrected chi connectivity index (χ4v) is 1.57. The Kier molecular flexibility index (Phi) is 6.38. The lowest BCUT2D eigenvalue weighted by Gasteiger charge is -2.31. The highest BCUT2D eigenvalue weighted by Crippen LogP contribution is 2.18. The number of hydrogen-bond acceptors (Lipinski definition) is 2. The summed E-state index contributed by atoms with van der Waals surface area (Å²) in [7, 11) is 0.